The zero-order chi connectivity index (χ0) is 16.2. The van der Waals surface area contributed by atoms with Gasteiger partial charge >= 0.3 is 0 Å². The van der Waals surface area contributed by atoms with Gasteiger partial charge in [-0.05, 0) is 18.6 Å². The van der Waals surface area contributed by atoms with Crippen LogP contribution in [-0.2, 0) is 11.4 Å². The number of likely N-dealkylation sites (tertiary alicyclic amines) is 1. The molecule has 1 aliphatic rings. The van der Waals surface area contributed by atoms with E-state index in [-0.39, 0.29) is 24.2 Å². The van der Waals surface area contributed by atoms with Crippen molar-refractivity contribution < 1.29 is 18.4 Å². The smallest absolute Gasteiger partial charge is 0.231 e. The molecule has 2 aromatic rings. The van der Waals surface area contributed by atoms with Gasteiger partial charge in [-0.25, -0.2) is 4.39 Å². The number of aromatic nitrogens is 2. The molecule has 1 saturated heterocycles. The number of carbonyl (C=O) groups excluding carboxylic acids is 1. The molecule has 0 radical (unpaired) electrons. The van der Waals surface area contributed by atoms with E-state index in [9.17, 15) is 9.18 Å². The molecule has 1 aliphatic heterocycles. The fourth-order valence-corrected chi connectivity index (χ4v) is 2.61. The predicted molar refractivity (Wildman–Crippen MR) is 79.3 cm³/mol. The van der Waals surface area contributed by atoms with Crippen LogP contribution in [0, 0.1) is 5.82 Å². The molecule has 3 rings (SSSR count). The van der Waals surface area contributed by atoms with Gasteiger partial charge in [0.1, 0.15) is 0 Å². The average molecular weight is 319 g/mol. The summed E-state index contributed by atoms with van der Waals surface area (Å²) in [7, 11) is 0. The molecule has 122 valence electrons. The van der Waals surface area contributed by atoms with Crippen LogP contribution in [0.1, 0.15) is 37.4 Å². The number of hydrogen-bond acceptors (Lipinski definition) is 5. The summed E-state index contributed by atoms with van der Waals surface area (Å²) >= 11 is 0. The maximum atomic E-state index is 13.5. The van der Waals surface area contributed by atoms with Gasteiger partial charge in [0.15, 0.2) is 18.2 Å². The van der Waals surface area contributed by atoms with Crippen LogP contribution in [0.5, 0.6) is 5.75 Å². The lowest BCUT2D eigenvalue weighted by molar-refractivity contribution is -0.129. The molecular formula is C16H18FN3O3. The lowest BCUT2D eigenvalue weighted by atomic mass is 10.1. The summed E-state index contributed by atoms with van der Waals surface area (Å²) in [5.74, 6) is 0.780. The minimum atomic E-state index is -0.430. The number of amides is 1. The van der Waals surface area contributed by atoms with Gasteiger partial charge in [-0.1, -0.05) is 24.2 Å². The van der Waals surface area contributed by atoms with Gasteiger partial charge in [-0.2, -0.15) is 4.98 Å². The lowest BCUT2D eigenvalue weighted by Crippen LogP contribution is -2.27. The number of hydrogen-bond donors (Lipinski definition) is 0. The number of halogens is 1. The summed E-state index contributed by atoms with van der Waals surface area (Å²) < 4.78 is 24.1. The highest BCUT2D eigenvalue weighted by molar-refractivity contribution is 5.76. The number of benzene rings is 1. The van der Waals surface area contributed by atoms with Crippen LogP contribution in [0.4, 0.5) is 4.39 Å². The van der Waals surface area contributed by atoms with Crippen LogP contribution in [0.15, 0.2) is 28.8 Å². The standard InChI is InChI=1S/C16H18FN3O3/c1-2-15(21)20-8-7-11(9-20)16-18-14(19-23-16)10-22-13-6-4-3-5-12(13)17/h3-6,11H,2,7-10H2,1H3. The maximum Gasteiger partial charge on any atom is 0.231 e. The largest absolute Gasteiger partial charge is 0.482 e. The molecule has 1 unspecified atom stereocenters. The number of para-hydroxylation sites is 1. The third kappa shape index (κ3) is 3.49. The molecular weight excluding hydrogens is 301 g/mol. The van der Waals surface area contributed by atoms with Crippen LogP contribution in [-0.4, -0.2) is 34.0 Å². The van der Waals surface area contributed by atoms with E-state index in [1.54, 1.807) is 18.2 Å². The first-order valence-corrected chi connectivity index (χ1v) is 7.65. The second kappa shape index (κ2) is 6.76. The van der Waals surface area contributed by atoms with Crippen molar-refractivity contribution >= 4 is 5.91 Å². The van der Waals surface area contributed by atoms with Crippen molar-refractivity contribution in [3.05, 3.63) is 41.8 Å². The molecule has 0 aliphatic carbocycles. The summed E-state index contributed by atoms with van der Waals surface area (Å²) in [5.41, 5.74) is 0. The minimum absolute atomic E-state index is 0.0365. The first-order chi connectivity index (χ1) is 11.2. The minimum Gasteiger partial charge on any atom is -0.482 e. The third-order valence-corrected chi connectivity index (χ3v) is 3.87. The Morgan fingerprint density at radius 1 is 1.48 bits per heavy atom. The molecule has 0 bridgehead atoms. The number of carbonyl (C=O) groups is 1. The summed E-state index contributed by atoms with van der Waals surface area (Å²) in [6, 6.07) is 6.16. The zero-order valence-corrected chi connectivity index (χ0v) is 12.9. The third-order valence-electron chi connectivity index (χ3n) is 3.87. The monoisotopic (exact) mass is 319 g/mol. The summed E-state index contributed by atoms with van der Waals surface area (Å²) in [6.45, 7) is 3.19. The quantitative estimate of drug-likeness (QED) is 0.847. The molecule has 1 aromatic heterocycles. The van der Waals surface area contributed by atoms with Gasteiger partial charge in [0.05, 0.1) is 5.92 Å². The van der Waals surface area contributed by atoms with E-state index in [0.717, 1.165) is 6.42 Å². The van der Waals surface area contributed by atoms with Gasteiger partial charge < -0.3 is 14.2 Å². The van der Waals surface area contributed by atoms with Crippen molar-refractivity contribution in [2.45, 2.75) is 32.3 Å². The SMILES string of the molecule is CCC(=O)N1CCC(c2nc(COc3ccccc3F)no2)C1. The van der Waals surface area contributed by atoms with E-state index in [0.29, 0.717) is 31.2 Å². The first-order valence-electron chi connectivity index (χ1n) is 7.65. The van der Waals surface area contributed by atoms with Crippen LogP contribution >= 0.6 is 0 Å². The molecule has 23 heavy (non-hydrogen) atoms. The molecule has 1 atom stereocenters. The Kier molecular flexibility index (Phi) is 4.55. The van der Waals surface area contributed by atoms with E-state index >= 15 is 0 Å². The molecule has 0 saturated carbocycles. The fraction of sp³-hybridized carbons (Fsp3) is 0.438. The molecule has 2 heterocycles. The Hall–Kier alpha value is -2.44. The molecule has 1 aromatic carbocycles. The van der Waals surface area contributed by atoms with Crippen LogP contribution in [0.25, 0.3) is 0 Å². The highest BCUT2D eigenvalue weighted by atomic mass is 19.1. The van der Waals surface area contributed by atoms with Crippen molar-refractivity contribution in [2.75, 3.05) is 13.1 Å². The van der Waals surface area contributed by atoms with Crippen molar-refractivity contribution in [1.29, 1.82) is 0 Å². The highest BCUT2D eigenvalue weighted by Crippen LogP contribution is 2.26. The second-order valence-corrected chi connectivity index (χ2v) is 5.45. The molecule has 7 heteroatoms. The van der Waals surface area contributed by atoms with Crippen LogP contribution in [0.2, 0.25) is 0 Å². The van der Waals surface area contributed by atoms with E-state index in [1.807, 2.05) is 11.8 Å². The van der Waals surface area contributed by atoms with E-state index < -0.39 is 5.82 Å². The molecule has 1 fully saturated rings. The van der Waals surface area contributed by atoms with Crippen molar-refractivity contribution in [2.24, 2.45) is 0 Å². The van der Waals surface area contributed by atoms with Crippen molar-refractivity contribution in [3.63, 3.8) is 0 Å². The van der Waals surface area contributed by atoms with Gasteiger partial charge in [0, 0.05) is 19.5 Å². The Balaban J connectivity index is 1.58. The summed E-state index contributed by atoms with van der Waals surface area (Å²) in [5, 5.41) is 3.86. The highest BCUT2D eigenvalue weighted by Gasteiger charge is 2.30. The number of rotatable bonds is 5. The molecule has 0 N–H and O–H groups in total. The zero-order valence-electron chi connectivity index (χ0n) is 12.9. The van der Waals surface area contributed by atoms with Gasteiger partial charge in [-0.15, -0.1) is 0 Å². The predicted octanol–water partition coefficient (Wildman–Crippen LogP) is 2.51. The Bertz CT molecular complexity index is 689. The van der Waals surface area contributed by atoms with Gasteiger partial charge in [-0.3, -0.25) is 4.79 Å². The van der Waals surface area contributed by atoms with Crippen molar-refractivity contribution in [3.8, 4) is 5.75 Å². The lowest BCUT2D eigenvalue weighted by Gasteiger charge is -2.13. The topological polar surface area (TPSA) is 68.5 Å². The Morgan fingerprint density at radius 2 is 2.30 bits per heavy atom. The van der Waals surface area contributed by atoms with E-state index in [2.05, 4.69) is 10.1 Å². The van der Waals surface area contributed by atoms with Crippen molar-refractivity contribution in [1.82, 2.24) is 15.0 Å². The summed E-state index contributed by atoms with van der Waals surface area (Å²) in [6.07, 6.45) is 1.31. The molecule has 6 nitrogen and oxygen atoms in total. The van der Waals surface area contributed by atoms with Crippen LogP contribution in [0.3, 0.4) is 0 Å². The number of nitrogens with zero attached hydrogens (tertiary/aromatic N) is 3. The van der Waals surface area contributed by atoms with Gasteiger partial charge in [0.25, 0.3) is 0 Å². The van der Waals surface area contributed by atoms with E-state index in [4.69, 9.17) is 9.26 Å². The van der Waals surface area contributed by atoms with Crippen LogP contribution < -0.4 is 4.74 Å². The molecule has 0 spiro atoms. The molecule has 1 amide bonds. The maximum absolute atomic E-state index is 13.5. The first kappa shape index (κ1) is 15.5. The Morgan fingerprint density at radius 3 is 3.09 bits per heavy atom. The number of ether oxygens (including phenoxy) is 1. The van der Waals surface area contributed by atoms with E-state index in [1.165, 1.54) is 6.07 Å². The fourth-order valence-electron chi connectivity index (χ4n) is 2.61. The van der Waals surface area contributed by atoms with Gasteiger partial charge in [0.2, 0.25) is 17.6 Å². The normalized spacial score (nSPS) is 17.5. The second-order valence-electron chi connectivity index (χ2n) is 5.45. The summed E-state index contributed by atoms with van der Waals surface area (Å²) in [4.78, 5) is 17.8. The average Bonchev–Trinajstić information content (AvgIpc) is 3.22. The Labute approximate surface area is 133 Å².